The van der Waals surface area contributed by atoms with Gasteiger partial charge in [-0.25, -0.2) is 0 Å². The molecule has 1 aromatic rings. The standard InChI is InChI=1S/C13H17NO4/c1-17-11-4-2-3-8(7-10(14)13(15)16)12(11)18-9-5-6-9/h2-4,9-10H,5-7,14H2,1H3,(H,15,16). The topological polar surface area (TPSA) is 81.8 Å². The summed E-state index contributed by atoms with van der Waals surface area (Å²) in [4.78, 5) is 10.8. The molecule has 3 N–H and O–H groups in total. The molecule has 0 radical (unpaired) electrons. The van der Waals surface area contributed by atoms with Crippen LogP contribution in [0.15, 0.2) is 18.2 Å². The van der Waals surface area contributed by atoms with E-state index in [-0.39, 0.29) is 12.5 Å². The quantitative estimate of drug-likeness (QED) is 0.793. The largest absolute Gasteiger partial charge is 0.493 e. The Morgan fingerprint density at radius 1 is 1.56 bits per heavy atom. The Labute approximate surface area is 106 Å². The van der Waals surface area contributed by atoms with Gasteiger partial charge in [0.05, 0.1) is 13.2 Å². The minimum Gasteiger partial charge on any atom is -0.493 e. The minimum absolute atomic E-state index is 0.223. The van der Waals surface area contributed by atoms with Crippen molar-refractivity contribution in [2.45, 2.75) is 31.4 Å². The van der Waals surface area contributed by atoms with Gasteiger partial charge in [-0.1, -0.05) is 12.1 Å². The molecule has 0 aliphatic heterocycles. The van der Waals surface area contributed by atoms with Crippen molar-refractivity contribution in [2.75, 3.05) is 7.11 Å². The molecule has 18 heavy (non-hydrogen) atoms. The Bertz CT molecular complexity index is 443. The summed E-state index contributed by atoms with van der Waals surface area (Å²) in [6, 6.07) is 4.50. The summed E-state index contributed by atoms with van der Waals surface area (Å²) in [5.74, 6) is 0.228. The number of rotatable bonds is 6. The predicted molar refractivity (Wildman–Crippen MR) is 66.0 cm³/mol. The molecule has 0 aromatic heterocycles. The summed E-state index contributed by atoms with van der Waals surface area (Å²) < 4.78 is 11.0. The van der Waals surface area contributed by atoms with Gasteiger partial charge in [-0.15, -0.1) is 0 Å². The van der Waals surface area contributed by atoms with Crippen LogP contribution in [0.3, 0.4) is 0 Å². The van der Waals surface area contributed by atoms with Gasteiger partial charge in [0, 0.05) is 12.0 Å². The molecule has 0 amide bonds. The molecule has 0 saturated heterocycles. The van der Waals surface area contributed by atoms with Crippen LogP contribution in [0.25, 0.3) is 0 Å². The van der Waals surface area contributed by atoms with Crippen molar-refractivity contribution in [1.82, 2.24) is 0 Å². The van der Waals surface area contributed by atoms with E-state index in [1.807, 2.05) is 12.1 Å². The fraction of sp³-hybridized carbons (Fsp3) is 0.462. The molecule has 0 heterocycles. The van der Waals surface area contributed by atoms with Crippen molar-refractivity contribution in [1.29, 1.82) is 0 Å². The lowest BCUT2D eigenvalue weighted by molar-refractivity contribution is -0.138. The third kappa shape index (κ3) is 2.92. The van der Waals surface area contributed by atoms with Crippen LogP contribution in [0, 0.1) is 0 Å². The summed E-state index contributed by atoms with van der Waals surface area (Å²) in [5, 5.41) is 8.86. The van der Waals surface area contributed by atoms with Crippen LogP contribution in [0.4, 0.5) is 0 Å². The maximum Gasteiger partial charge on any atom is 0.320 e. The third-order valence-electron chi connectivity index (χ3n) is 2.85. The van der Waals surface area contributed by atoms with E-state index in [1.54, 1.807) is 13.2 Å². The first kappa shape index (κ1) is 12.7. The first-order valence-corrected chi connectivity index (χ1v) is 5.92. The monoisotopic (exact) mass is 251 g/mol. The SMILES string of the molecule is COc1cccc(CC(N)C(=O)O)c1OC1CC1. The molecule has 2 rings (SSSR count). The van der Waals surface area contributed by atoms with E-state index in [2.05, 4.69) is 0 Å². The predicted octanol–water partition coefficient (Wildman–Crippen LogP) is 1.19. The second-order valence-electron chi connectivity index (χ2n) is 4.41. The van der Waals surface area contributed by atoms with E-state index in [0.29, 0.717) is 11.5 Å². The van der Waals surface area contributed by atoms with Gasteiger partial charge in [0.2, 0.25) is 0 Å². The average molecular weight is 251 g/mol. The lowest BCUT2D eigenvalue weighted by Gasteiger charge is -2.16. The van der Waals surface area contributed by atoms with Crippen molar-refractivity contribution in [3.63, 3.8) is 0 Å². The molecule has 98 valence electrons. The highest BCUT2D eigenvalue weighted by atomic mass is 16.5. The lowest BCUT2D eigenvalue weighted by atomic mass is 10.0. The molecule has 0 bridgehead atoms. The van der Waals surface area contributed by atoms with Gasteiger partial charge in [-0.2, -0.15) is 0 Å². The Kier molecular flexibility index (Phi) is 3.72. The number of carboxylic acid groups (broad SMARTS) is 1. The zero-order chi connectivity index (χ0) is 13.1. The van der Waals surface area contributed by atoms with Crippen molar-refractivity contribution >= 4 is 5.97 Å². The molecule has 1 saturated carbocycles. The van der Waals surface area contributed by atoms with Gasteiger partial charge < -0.3 is 20.3 Å². The Balaban J connectivity index is 2.23. The van der Waals surface area contributed by atoms with Crippen molar-refractivity contribution in [3.8, 4) is 11.5 Å². The van der Waals surface area contributed by atoms with Gasteiger partial charge >= 0.3 is 5.97 Å². The Morgan fingerprint density at radius 2 is 2.28 bits per heavy atom. The second-order valence-corrected chi connectivity index (χ2v) is 4.41. The summed E-state index contributed by atoms with van der Waals surface area (Å²) in [6.07, 6.45) is 2.51. The zero-order valence-corrected chi connectivity index (χ0v) is 10.3. The number of nitrogens with two attached hydrogens (primary N) is 1. The van der Waals surface area contributed by atoms with Crippen LogP contribution in [0.2, 0.25) is 0 Å². The highest BCUT2D eigenvalue weighted by Crippen LogP contribution is 2.36. The van der Waals surface area contributed by atoms with E-state index < -0.39 is 12.0 Å². The summed E-state index contributed by atoms with van der Waals surface area (Å²) in [6.45, 7) is 0. The van der Waals surface area contributed by atoms with Crippen molar-refractivity contribution in [2.24, 2.45) is 5.73 Å². The number of para-hydroxylation sites is 1. The highest BCUT2D eigenvalue weighted by Gasteiger charge is 2.27. The molecule has 0 spiro atoms. The summed E-state index contributed by atoms with van der Waals surface area (Å²) in [7, 11) is 1.57. The first-order valence-electron chi connectivity index (χ1n) is 5.92. The van der Waals surface area contributed by atoms with Gasteiger partial charge in [-0.05, 0) is 18.9 Å². The van der Waals surface area contributed by atoms with Gasteiger partial charge in [0.1, 0.15) is 6.04 Å². The number of carbonyl (C=O) groups is 1. The minimum atomic E-state index is -1.02. The normalized spacial score (nSPS) is 16.1. The van der Waals surface area contributed by atoms with Gasteiger partial charge in [-0.3, -0.25) is 4.79 Å². The smallest absolute Gasteiger partial charge is 0.320 e. The number of methoxy groups -OCH3 is 1. The van der Waals surface area contributed by atoms with Crippen LogP contribution >= 0.6 is 0 Å². The third-order valence-corrected chi connectivity index (χ3v) is 2.85. The fourth-order valence-corrected chi connectivity index (χ4v) is 1.69. The number of hydrogen-bond acceptors (Lipinski definition) is 4. The van der Waals surface area contributed by atoms with Crippen LogP contribution in [0.1, 0.15) is 18.4 Å². The average Bonchev–Trinajstić information content (AvgIpc) is 3.15. The van der Waals surface area contributed by atoms with E-state index in [4.69, 9.17) is 20.3 Å². The summed E-state index contributed by atoms with van der Waals surface area (Å²) >= 11 is 0. The first-order chi connectivity index (χ1) is 8.61. The molecular formula is C13H17NO4. The van der Waals surface area contributed by atoms with E-state index in [9.17, 15) is 4.79 Å². The number of ether oxygens (including phenoxy) is 2. The molecule has 1 aromatic carbocycles. The number of benzene rings is 1. The molecule has 1 unspecified atom stereocenters. The highest BCUT2D eigenvalue weighted by molar-refractivity contribution is 5.73. The molecule has 1 aliphatic rings. The van der Waals surface area contributed by atoms with E-state index in [0.717, 1.165) is 18.4 Å². The lowest BCUT2D eigenvalue weighted by Crippen LogP contribution is -2.32. The molecular weight excluding hydrogens is 234 g/mol. The number of carboxylic acids is 1. The van der Waals surface area contributed by atoms with Crippen LogP contribution in [-0.4, -0.2) is 30.3 Å². The Morgan fingerprint density at radius 3 is 2.83 bits per heavy atom. The van der Waals surface area contributed by atoms with Gasteiger partial charge in [0.15, 0.2) is 11.5 Å². The Hall–Kier alpha value is -1.75. The maximum absolute atomic E-state index is 10.8. The van der Waals surface area contributed by atoms with Crippen LogP contribution < -0.4 is 15.2 Å². The fourth-order valence-electron chi connectivity index (χ4n) is 1.69. The van der Waals surface area contributed by atoms with Crippen molar-refractivity contribution in [3.05, 3.63) is 23.8 Å². The van der Waals surface area contributed by atoms with Crippen molar-refractivity contribution < 1.29 is 19.4 Å². The molecule has 1 atom stereocenters. The zero-order valence-electron chi connectivity index (χ0n) is 10.3. The molecule has 1 aliphatic carbocycles. The van der Waals surface area contributed by atoms with Gasteiger partial charge in [0.25, 0.3) is 0 Å². The second kappa shape index (κ2) is 5.27. The van der Waals surface area contributed by atoms with E-state index in [1.165, 1.54) is 0 Å². The number of aliphatic carboxylic acids is 1. The molecule has 1 fully saturated rings. The van der Waals surface area contributed by atoms with Crippen LogP contribution in [-0.2, 0) is 11.2 Å². The maximum atomic E-state index is 10.8. The summed E-state index contributed by atoms with van der Waals surface area (Å²) in [5.41, 5.74) is 6.33. The van der Waals surface area contributed by atoms with Crippen LogP contribution in [0.5, 0.6) is 11.5 Å². The molecule has 5 heteroatoms. The molecule has 5 nitrogen and oxygen atoms in total. The van der Waals surface area contributed by atoms with E-state index >= 15 is 0 Å². The number of hydrogen-bond donors (Lipinski definition) is 2.